The van der Waals surface area contributed by atoms with E-state index in [1.54, 1.807) is 0 Å². The number of benzene rings is 2. The highest BCUT2D eigenvalue weighted by Crippen LogP contribution is 2.13. The number of esters is 1. The summed E-state index contributed by atoms with van der Waals surface area (Å²) in [4.78, 5) is 36.6. The molecule has 2 rings (SSSR count). The van der Waals surface area contributed by atoms with Gasteiger partial charge in [-0.15, -0.1) is 0 Å². The van der Waals surface area contributed by atoms with Crippen LogP contribution in [0.2, 0.25) is 0 Å². The van der Waals surface area contributed by atoms with Crippen molar-refractivity contribution in [1.82, 2.24) is 10.6 Å². The van der Waals surface area contributed by atoms with E-state index in [1.807, 2.05) is 54.6 Å². The molecule has 0 aromatic heterocycles. The zero-order valence-corrected chi connectivity index (χ0v) is 17.4. The third-order valence-electron chi connectivity index (χ3n) is 4.13. The van der Waals surface area contributed by atoms with E-state index in [1.165, 1.54) is 14.0 Å². The van der Waals surface area contributed by atoms with Gasteiger partial charge in [-0.3, -0.25) is 9.59 Å². The van der Waals surface area contributed by atoms with Crippen molar-refractivity contribution < 1.29 is 19.1 Å². The zero-order chi connectivity index (χ0) is 20.5. The Balaban J connectivity index is 2.14. The Bertz CT molecular complexity index is 809. The van der Waals surface area contributed by atoms with Crippen LogP contribution in [0.5, 0.6) is 0 Å². The number of carbonyl (C=O) groups is 3. The fourth-order valence-corrected chi connectivity index (χ4v) is 3.03. The topological polar surface area (TPSA) is 84.5 Å². The molecule has 148 valence electrons. The summed E-state index contributed by atoms with van der Waals surface area (Å²) in [6.45, 7) is 1.35. The summed E-state index contributed by atoms with van der Waals surface area (Å²) in [5, 5.41) is 5.37. The number of carbonyl (C=O) groups excluding carboxylic acids is 3. The standard InChI is InChI=1S/C21H23BrN2O4/c1-14(25)23-18(12-15-6-4-3-5-7-15)20(26)24-19(21(27)28-2)13-16-8-10-17(22)11-9-16/h3-11,18-19H,12-13H2,1-2H3,(H,23,25)(H,24,26)/t18-,19-/m1/s1. The summed E-state index contributed by atoms with van der Waals surface area (Å²) in [6, 6.07) is 15.2. The molecule has 0 bridgehead atoms. The van der Waals surface area contributed by atoms with Gasteiger partial charge in [0.15, 0.2) is 0 Å². The lowest BCUT2D eigenvalue weighted by Gasteiger charge is -2.22. The van der Waals surface area contributed by atoms with Gasteiger partial charge in [0.1, 0.15) is 12.1 Å². The quantitative estimate of drug-likeness (QED) is 0.609. The number of methoxy groups -OCH3 is 1. The van der Waals surface area contributed by atoms with Gasteiger partial charge in [-0.05, 0) is 23.3 Å². The molecule has 0 saturated heterocycles. The Morgan fingerprint density at radius 2 is 1.46 bits per heavy atom. The molecule has 0 radical (unpaired) electrons. The maximum atomic E-state index is 12.8. The maximum Gasteiger partial charge on any atom is 0.328 e. The molecule has 0 aliphatic heterocycles. The molecule has 0 spiro atoms. The first-order valence-corrected chi connectivity index (χ1v) is 9.62. The second-order valence-corrected chi connectivity index (χ2v) is 7.27. The first kappa shape index (κ1) is 21.6. The first-order valence-electron chi connectivity index (χ1n) is 8.82. The molecule has 2 atom stereocenters. The van der Waals surface area contributed by atoms with Gasteiger partial charge >= 0.3 is 5.97 Å². The molecule has 6 nitrogen and oxygen atoms in total. The van der Waals surface area contributed by atoms with Gasteiger partial charge in [0.05, 0.1) is 7.11 Å². The van der Waals surface area contributed by atoms with E-state index in [-0.39, 0.29) is 12.3 Å². The highest BCUT2D eigenvalue weighted by molar-refractivity contribution is 9.10. The molecule has 2 aromatic rings. The van der Waals surface area contributed by atoms with Crippen LogP contribution in [-0.4, -0.2) is 37.0 Å². The van der Waals surface area contributed by atoms with Gasteiger partial charge in [-0.2, -0.15) is 0 Å². The number of rotatable bonds is 8. The van der Waals surface area contributed by atoms with Crippen LogP contribution in [0.3, 0.4) is 0 Å². The Kier molecular flexibility index (Phi) is 8.19. The summed E-state index contributed by atoms with van der Waals surface area (Å²) >= 11 is 3.37. The average Bonchev–Trinajstić information content (AvgIpc) is 2.68. The van der Waals surface area contributed by atoms with E-state index in [4.69, 9.17) is 4.74 Å². The van der Waals surface area contributed by atoms with Gasteiger partial charge in [0.2, 0.25) is 11.8 Å². The summed E-state index contributed by atoms with van der Waals surface area (Å²) < 4.78 is 5.76. The normalized spacial score (nSPS) is 12.5. The van der Waals surface area contributed by atoms with Crippen molar-refractivity contribution in [3.63, 3.8) is 0 Å². The van der Waals surface area contributed by atoms with Crippen LogP contribution in [-0.2, 0) is 32.0 Å². The highest BCUT2D eigenvalue weighted by Gasteiger charge is 2.27. The molecule has 0 unspecified atom stereocenters. The fourth-order valence-electron chi connectivity index (χ4n) is 2.77. The Morgan fingerprint density at radius 1 is 0.893 bits per heavy atom. The zero-order valence-electron chi connectivity index (χ0n) is 15.8. The minimum absolute atomic E-state index is 0.282. The van der Waals surface area contributed by atoms with Gasteiger partial charge < -0.3 is 15.4 Å². The highest BCUT2D eigenvalue weighted by atomic mass is 79.9. The van der Waals surface area contributed by atoms with E-state index in [0.29, 0.717) is 6.42 Å². The minimum atomic E-state index is -0.856. The molecule has 28 heavy (non-hydrogen) atoms. The molecule has 0 fully saturated rings. The second kappa shape index (κ2) is 10.6. The van der Waals surface area contributed by atoms with Crippen molar-refractivity contribution in [2.24, 2.45) is 0 Å². The van der Waals surface area contributed by atoms with E-state index in [2.05, 4.69) is 26.6 Å². The number of halogens is 1. The molecule has 0 aliphatic rings. The number of ether oxygens (including phenoxy) is 1. The second-order valence-electron chi connectivity index (χ2n) is 6.36. The molecule has 7 heteroatoms. The molecule has 0 saturated carbocycles. The molecular formula is C21H23BrN2O4. The number of hydrogen-bond donors (Lipinski definition) is 2. The smallest absolute Gasteiger partial charge is 0.328 e. The van der Waals surface area contributed by atoms with E-state index in [9.17, 15) is 14.4 Å². The lowest BCUT2D eigenvalue weighted by molar-refractivity contribution is -0.145. The van der Waals surface area contributed by atoms with Crippen molar-refractivity contribution in [1.29, 1.82) is 0 Å². The van der Waals surface area contributed by atoms with Crippen molar-refractivity contribution >= 4 is 33.7 Å². The van der Waals surface area contributed by atoms with Gasteiger partial charge in [0, 0.05) is 24.2 Å². The molecule has 0 aliphatic carbocycles. The molecule has 2 aromatic carbocycles. The van der Waals surface area contributed by atoms with Crippen LogP contribution in [0, 0.1) is 0 Å². The van der Waals surface area contributed by atoms with Crippen LogP contribution in [0.1, 0.15) is 18.1 Å². The van der Waals surface area contributed by atoms with Crippen LogP contribution in [0.15, 0.2) is 59.1 Å². The van der Waals surface area contributed by atoms with Crippen LogP contribution >= 0.6 is 15.9 Å². The Labute approximate surface area is 172 Å². The van der Waals surface area contributed by atoms with E-state index in [0.717, 1.165) is 15.6 Å². The lowest BCUT2D eigenvalue weighted by atomic mass is 10.0. The summed E-state index contributed by atoms with van der Waals surface area (Å²) in [5.41, 5.74) is 1.77. The Morgan fingerprint density at radius 3 is 2.04 bits per heavy atom. The number of hydrogen-bond acceptors (Lipinski definition) is 4. The third kappa shape index (κ3) is 6.81. The predicted molar refractivity (Wildman–Crippen MR) is 110 cm³/mol. The van der Waals surface area contributed by atoms with Crippen molar-refractivity contribution in [3.8, 4) is 0 Å². The largest absolute Gasteiger partial charge is 0.467 e. The summed E-state index contributed by atoms with van der Waals surface area (Å²) in [6.07, 6.45) is 0.599. The summed E-state index contributed by atoms with van der Waals surface area (Å²) in [5.74, 6) is -1.30. The van der Waals surface area contributed by atoms with Crippen molar-refractivity contribution in [2.45, 2.75) is 31.8 Å². The maximum absolute atomic E-state index is 12.8. The van der Waals surface area contributed by atoms with Crippen molar-refractivity contribution in [3.05, 3.63) is 70.2 Å². The Hall–Kier alpha value is -2.67. The van der Waals surface area contributed by atoms with Gasteiger partial charge in [-0.1, -0.05) is 58.4 Å². The van der Waals surface area contributed by atoms with E-state index >= 15 is 0 Å². The minimum Gasteiger partial charge on any atom is -0.467 e. The predicted octanol–water partition coefficient (Wildman–Crippen LogP) is 2.40. The lowest BCUT2D eigenvalue weighted by Crippen LogP contribution is -2.53. The molecule has 2 N–H and O–H groups in total. The third-order valence-corrected chi connectivity index (χ3v) is 4.66. The molecular weight excluding hydrogens is 424 g/mol. The molecule has 0 heterocycles. The van der Waals surface area contributed by atoms with Gasteiger partial charge in [0.25, 0.3) is 0 Å². The average molecular weight is 447 g/mol. The summed E-state index contributed by atoms with van der Waals surface area (Å²) in [7, 11) is 1.28. The monoisotopic (exact) mass is 446 g/mol. The fraction of sp³-hybridized carbons (Fsp3) is 0.286. The number of nitrogens with one attached hydrogen (secondary N) is 2. The van der Waals surface area contributed by atoms with Crippen LogP contribution in [0.25, 0.3) is 0 Å². The van der Waals surface area contributed by atoms with Crippen molar-refractivity contribution in [2.75, 3.05) is 7.11 Å². The SMILES string of the molecule is COC(=O)[C@@H](Cc1ccc(Br)cc1)NC(=O)[C@@H](Cc1ccccc1)NC(C)=O. The number of amides is 2. The first-order chi connectivity index (χ1) is 13.4. The van der Waals surface area contributed by atoms with E-state index < -0.39 is 24.0 Å². The van der Waals surface area contributed by atoms with Gasteiger partial charge in [-0.25, -0.2) is 4.79 Å². The molecule has 2 amide bonds. The van der Waals surface area contributed by atoms with Crippen LogP contribution in [0.4, 0.5) is 0 Å². The van der Waals surface area contributed by atoms with Crippen LogP contribution < -0.4 is 10.6 Å².